The van der Waals surface area contributed by atoms with Crippen LogP contribution in [0.4, 0.5) is 5.69 Å². The van der Waals surface area contributed by atoms with E-state index in [1.54, 1.807) is 6.34 Å². The maximum Gasteiger partial charge on any atom is 0.200 e. The normalized spacial score (nSPS) is 11.0. The highest BCUT2D eigenvalue weighted by Gasteiger charge is 2.14. The van der Waals surface area contributed by atoms with Crippen LogP contribution in [-0.4, -0.2) is 37.2 Å². The molecule has 0 saturated carbocycles. The van der Waals surface area contributed by atoms with Crippen molar-refractivity contribution in [3.05, 3.63) is 56.0 Å². The fourth-order valence-corrected chi connectivity index (χ4v) is 3.55. The second-order valence-corrected chi connectivity index (χ2v) is 7.74. The standard InChI is InChI=1S/C20H22Br2N2O2/c1-5-24(4)12-23-18-10-13(2)15(9-14(18)3)19(25)11-26-20-16(21)7-6-8-17(20)22/h6-10,12H,5,11H2,1-4H3/b23-12-. The Balaban J connectivity index is 2.17. The molecule has 0 atom stereocenters. The fourth-order valence-electron chi connectivity index (χ4n) is 2.32. The summed E-state index contributed by atoms with van der Waals surface area (Å²) in [5.74, 6) is 0.563. The molecular formula is C20H22Br2N2O2. The van der Waals surface area contributed by atoms with Gasteiger partial charge in [-0.15, -0.1) is 0 Å². The van der Waals surface area contributed by atoms with Crippen molar-refractivity contribution in [3.63, 3.8) is 0 Å². The van der Waals surface area contributed by atoms with Crippen LogP contribution >= 0.6 is 31.9 Å². The zero-order valence-corrected chi connectivity index (χ0v) is 18.5. The van der Waals surface area contributed by atoms with E-state index >= 15 is 0 Å². The third kappa shape index (κ3) is 5.17. The Bertz CT molecular complexity index is 815. The maximum absolute atomic E-state index is 12.6. The van der Waals surface area contributed by atoms with Gasteiger partial charge in [0.1, 0.15) is 5.75 Å². The summed E-state index contributed by atoms with van der Waals surface area (Å²) in [6.45, 7) is 6.81. The van der Waals surface area contributed by atoms with Crippen molar-refractivity contribution in [2.45, 2.75) is 20.8 Å². The van der Waals surface area contributed by atoms with Gasteiger partial charge in [-0.3, -0.25) is 4.79 Å². The van der Waals surface area contributed by atoms with Crippen LogP contribution in [-0.2, 0) is 0 Å². The number of aryl methyl sites for hydroxylation is 2. The van der Waals surface area contributed by atoms with Crippen molar-refractivity contribution >= 4 is 49.7 Å². The van der Waals surface area contributed by atoms with Crippen molar-refractivity contribution in [3.8, 4) is 5.75 Å². The van der Waals surface area contributed by atoms with E-state index in [9.17, 15) is 4.79 Å². The SMILES string of the molecule is CCN(C)/C=N\c1cc(C)c(C(=O)COc2c(Br)cccc2Br)cc1C. The number of carbonyl (C=O) groups is 1. The Hall–Kier alpha value is -1.66. The van der Waals surface area contributed by atoms with Crippen LogP contribution in [0.2, 0.25) is 0 Å². The van der Waals surface area contributed by atoms with Crippen molar-refractivity contribution in [1.82, 2.24) is 4.90 Å². The first-order valence-electron chi connectivity index (χ1n) is 8.29. The molecule has 0 spiro atoms. The molecule has 26 heavy (non-hydrogen) atoms. The number of ether oxygens (including phenoxy) is 1. The number of nitrogens with zero attached hydrogens (tertiary/aromatic N) is 2. The number of hydrogen-bond donors (Lipinski definition) is 0. The summed E-state index contributed by atoms with van der Waals surface area (Å²) in [6, 6.07) is 9.47. The predicted octanol–water partition coefficient (Wildman–Crippen LogP) is 5.70. The van der Waals surface area contributed by atoms with E-state index < -0.39 is 0 Å². The van der Waals surface area contributed by atoms with Gasteiger partial charge in [-0.05, 0) is 88.0 Å². The van der Waals surface area contributed by atoms with E-state index in [1.165, 1.54) is 0 Å². The largest absolute Gasteiger partial charge is 0.483 e. The zero-order valence-electron chi connectivity index (χ0n) is 15.3. The Morgan fingerprint density at radius 3 is 2.46 bits per heavy atom. The van der Waals surface area contributed by atoms with E-state index in [1.807, 2.05) is 56.1 Å². The number of ketones is 1. The molecule has 6 heteroatoms. The summed E-state index contributed by atoms with van der Waals surface area (Å²) in [5, 5.41) is 0. The van der Waals surface area contributed by atoms with Crippen LogP contribution < -0.4 is 4.74 Å². The molecule has 0 aliphatic rings. The highest BCUT2D eigenvalue weighted by molar-refractivity contribution is 9.11. The van der Waals surface area contributed by atoms with Gasteiger partial charge in [-0.1, -0.05) is 6.07 Å². The summed E-state index contributed by atoms with van der Waals surface area (Å²) in [6.07, 6.45) is 1.80. The van der Waals surface area contributed by atoms with Gasteiger partial charge in [-0.25, -0.2) is 4.99 Å². The molecule has 4 nitrogen and oxygen atoms in total. The number of hydrogen-bond acceptors (Lipinski definition) is 3. The minimum atomic E-state index is -0.0607. The molecular weight excluding hydrogens is 460 g/mol. The second-order valence-electron chi connectivity index (χ2n) is 6.03. The van der Waals surface area contributed by atoms with Crippen molar-refractivity contribution in [1.29, 1.82) is 0 Å². The molecule has 0 aromatic heterocycles. The summed E-state index contributed by atoms with van der Waals surface area (Å²) in [4.78, 5) is 19.1. The average Bonchev–Trinajstić information content (AvgIpc) is 2.61. The minimum Gasteiger partial charge on any atom is -0.483 e. The molecule has 0 amide bonds. The van der Waals surface area contributed by atoms with Gasteiger partial charge in [0.25, 0.3) is 0 Å². The number of Topliss-reactive ketones (excluding diaryl/α,β-unsaturated/α-hetero) is 1. The smallest absolute Gasteiger partial charge is 0.200 e. The van der Waals surface area contributed by atoms with E-state index in [0.29, 0.717) is 11.3 Å². The molecule has 0 fully saturated rings. The molecule has 0 N–H and O–H groups in total. The predicted molar refractivity (Wildman–Crippen MR) is 114 cm³/mol. The quantitative estimate of drug-likeness (QED) is 0.289. The lowest BCUT2D eigenvalue weighted by Gasteiger charge is -2.13. The third-order valence-electron chi connectivity index (χ3n) is 4.00. The van der Waals surface area contributed by atoms with Crippen LogP contribution in [0.1, 0.15) is 28.4 Å². The molecule has 0 saturated heterocycles. The lowest BCUT2D eigenvalue weighted by Crippen LogP contribution is -2.15. The summed E-state index contributed by atoms with van der Waals surface area (Å²) in [5.41, 5.74) is 3.38. The van der Waals surface area contributed by atoms with Crippen LogP contribution in [0.15, 0.2) is 44.3 Å². The molecule has 0 radical (unpaired) electrons. The van der Waals surface area contributed by atoms with Gasteiger partial charge in [0.05, 0.1) is 21.0 Å². The molecule has 0 heterocycles. The number of benzene rings is 2. The van der Waals surface area contributed by atoms with Crippen molar-refractivity contribution in [2.24, 2.45) is 4.99 Å². The van der Waals surface area contributed by atoms with Gasteiger partial charge < -0.3 is 9.64 Å². The van der Waals surface area contributed by atoms with Crippen LogP contribution in [0.5, 0.6) is 5.75 Å². The first kappa shape index (κ1) is 20.6. The van der Waals surface area contributed by atoms with E-state index in [0.717, 1.165) is 32.3 Å². The first-order chi connectivity index (χ1) is 12.3. The average molecular weight is 482 g/mol. The molecule has 0 aliphatic heterocycles. The second kappa shape index (κ2) is 9.33. The summed E-state index contributed by atoms with van der Waals surface area (Å²) >= 11 is 6.88. The number of halogens is 2. The summed E-state index contributed by atoms with van der Waals surface area (Å²) in [7, 11) is 1.97. The van der Waals surface area contributed by atoms with E-state index in [2.05, 4.69) is 43.8 Å². The Morgan fingerprint density at radius 2 is 1.85 bits per heavy atom. The van der Waals surface area contributed by atoms with Crippen LogP contribution in [0, 0.1) is 13.8 Å². The molecule has 2 aromatic carbocycles. The number of aliphatic imine (C=N–C) groups is 1. The van der Waals surface area contributed by atoms with Gasteiger partial charge in [0.2, 0.25) is 0 Å². The topological polar surface area (TPSA) is 41.9 Å². The first-order valence-corrected chi connectivity index (χ1v) is 9.87. The highest BCUT2D eigenvalue weighted by Crippen LogP contribution is 2.33. The number of carbonyl (C=O) groups excluding carboxylic acids is 1. The Kier molecular flexibility index (Phi) is 7.41. The minimum absolute atomic E-state index is 0.0251. The lowest BCUT2D eigenvalue weighted by atomic mass is 10.0. The molecule has 2 aromatic rings. The number of para-hydroxylation sites is 1. The van der Waals surface area contributed by atoms with E-state index in [4.69, 9.17) is 4.74 Å². The van der Waals surface area contributed by atoms with E-state index in [-0.39, 0.29) is 12.4 Å². The summed E-state index contributed by atoms with van der Waals surface area (Å²) < 4.78 is 7.33. The molecule has 0 unspecified atom stereocenters. The van der Waals surface area contributed by atoms with Gasteiger partial charge in [-0.2, -0.15) is 0 Å². The monoisotopic (exact) mass is 480 g/mol. The lowest BCUT2D eigenvalue weighted by molar-refractivity contribution is 0.0920. The fraction of sp³-hybridized carbons (Fsp3) is 0.300. The van der Waals surface area contributed by atoms with Crippen molar-refractivity contribution in [2.75, 3.05) is 20.2 Å². The highest BCUT2D eigenvalue weighted by atomic mass is 79.9. The van der Waals surface area contributed by atoms with Gasteiger partial charge >= 0.3 is 0 Å². The molecule has 0 aliphatic carbocycles. The van der Waals surface area contributed by atoms with Gasteiger partial charge in [0.15, 0.2) is 12.4 Å². The van der Waals surface area contributed by atoms with Crippen molar-refractivity contribution < 1.29 is 9.53 Å². The number of rotatable bonds is 7. The molecule has 0 bridgehead atoms. The third-order valence-corrected chi connectivity index (χ3v) is 5.25. The maximum atomic E-state index is 12.6. The zero-order chi connectivity index (χ0) is 19.3. The van der Waals surface area contributed by atoms with Crippen LogP contribution in [0.25, 0.3) is 0 Å². The van der Waals surface area contributed by atoms with Crippen LogP contribution in [0.3, 0.4) is 0 Å². The molecule has 138 valence electrons. The Labute approximate surface area is 171 Å². The molecule has 2 rings (SSSR count). The van der Waals surface area contributed by atoms with Gasteiger partial charge in [0, 0.05) is 19.2 Å². The Morgan fingerprint density at radius 1 is 1.19 bits per heavy atom.